The molecule has 0 radical (unpaired) electrons. The van der Waals surface area contributed by atoms with Crippen LogP contribution in [0.4, 0.5) is 11.4 Å². The number of halogens is 1. The molecular weight excluding hydrogens is 322 g/mol. The van der Waals surface area contributed by atoms with E-state index in [2.05, 4.69) is 28.1 Å². The Morgan fingerprint density at radius 2 is 2.00 bits per heavy atom. The SMILES string of the molecule is O=C(Nc1ccc(NCc2ccccc2)c(Cl)c1)[C@H]1CCCCN1. The van der Waals surface area contributed by atoms with Gasteiger partial charge >= 0.3 is 0 Å². The highest BCUT2D eigenvalue weighted by atomic mass is 35.5. The van der Waals surface area contributed by atoms with Crippen molar-refractivity contribution in [2.45, 2.75) is 31.8 Å². The van der Waals surface area contributed by atoms with Crippen LogP contribution in [0.25, 0.3) is 0 Å². The van der Waals surface area contributed by atoms with E-state index in [-0.39, 0.29) is 11.9 Å². The Hall–Kier alpha value is -2.04. The van der Waals surface area contributed by atoms with E-state index in [1.54, 1.807) is 6.07 Å². The van der Waals surface area contributed by atoms with Crippen molar-refractivity contribution >= 4 is 28.9 Å². The van der Waals surface area contributed by atoms with E-state index in [1.165, 1.54) is 5.56 Å². The van der Waals surface area contributed by atoms with Crippen molar-refractivity contribution in [2.75, 3.05) is 17.2 Å². The maximum atomic E-state index is 12.2. The third-order valence-corrected chi connectivity index (χ3v) is 4.50. The maximum absolute atomic E-state index is 12.2. The van der Waals surface area contributed by atoms with Gasteiger partial charge in [-0.25, -0.2) is 0 Å². The molecule has 0 aromatic heterocycles. The van der Waals surface area contributed by atoms with Crippen LogP contribution in [-0.2, 0) is 11.3 Å². The lowest BCUT2D eigenvalue weighted by Gasteiger charge is -2.22. The van der Waals surface area contributed by atoms with Crippen molar-refractivity contribution < 1.29 is 4.79 Å². The predicted octanol–water partition coefficient (Wildman–Crippen LogP) is 4.03. The first-order valence-corrected chi connectivity index (χ1v) is 8.72. The number of benzene rings is 2. The quantitative estimate of drug-likeness (QED) is 0.768. The molecule has 0 aliphatic carbocycles. The summed E-state index contributed by atoms with van der Waals surface area (Å²) in [6, 6.07) is 15.6. The molecule has 0 unspecified atom stereocenters. The molecule has 2 aromatic carbocycles. The van der Waals surface area contributed by atoms with E-state index < -0.39 is 0 Å². The summed E-state index contributed by atoms with van der Waals surface area (Å²) in [5.41, 5.74) is 2.77. The normalized spacial score (nSPS) is 17.3. The van der Waals surface area contributed by atoms with Gasteiger partial charge in [0, 0.05) is 12.2 Å². The van der Waals surface area contributed by atoms with E-state index in [9.17, 15) is 4.79 Å². The average Bonchev–Trinajstić information content (AvgIpc) is 2.62. The molecule has 1 aliphatic heterocycles. The number of carbonyl (C=O) groups excluding carboxylic acids is 1. The zero-order valence-corrected chi connectivity index (χ0v) is 14.3. The molecule has 4 nitrogen and oxygen atoms in total. The van der Waals surface area contributed by atoms with E-state index in [0.717, 1.165) is 37.2 Å². The summed E-state index contributed by atoms with van der Waals surface area (Å²) in [5.74, 6) is 0.00996. The standard InChI is InChI=1S/C19H22ClN3O/c20-16-12-15(23-19(24)18-8-4-5-11-21-18)9-10-17(16)22-13-14-6-2-1-3-7-14/h1-3,6-7,9-10,12,18,21-22H,4-5,8,11,13H2,(H,23,24)/t18-/m1/s1. The van der Waals surface area contributed by atoms with Crippen LogP contribution < -0.4 is 16.0 Å². The molecule has 1 atom stereocenters. The smallest absolute Gasteiger partial charge is 0.241 e. The molecule has 2 aromatic rings. The molecular formula is C19H22ClN3O. The van der Waals surface area contributed by atoms with Crippen LogP contribution in [0.3, 0.4) is 0 Å². The molecule has 1 saturated heterocycles. The van der Waals surface area contributed by atoms with Gasteiger partial charge in [-0.05, 0) is 43.1 Å². The molecule has 1 amide bonds. The van der Waals surface area contributed by atoms with Gasteiger partial charge in [-0.2, -0.15) is 0 Å². The summed E-state index contributed by atoms with van der Waals surface area (Å²) in [4.78, 5) is 12.2. The Kier molecular flexibility index (Phi) is 5.72. The minimum Gasteiger partial charge on any atom is -0.380 e. The summed E-state index contributed by atoms with van der Waals surface area (Å²) in [7, 11) is 0. The molecule has 5 heteroatoms. The molecule has 3 rings (SSSR count). The van der Waals surface area contributed by atoms with Crippen molar-refractivity contribution in [3.05, 3.63) is 59.1 Å². The topological polar surface area (TPSA) is 53.2 Å². The Bertz CT molecular complexity index is 684. The van der Waals surface area contributed by atoms with Gasteiger partial charge < -0.3 is 16.0 Å². The first kappa shape index (κ1) is 16.8. The van der Waals surface area contributed by atoms with E-state index in [1.807, 2.05) is 30.3 Å². The lowest BCUT2D eigenvalue weighted by molar-refractivity contribution is -0.118. The van der Waals surface area contributed by atoms with Crippen LogP contribution in [-0.4, -0.2) is 18.5 Å². The van der Waals surface area contributed by atoms with Crippen LogP contribution in [0.15, 0.2) is 48.5 Å². The van der Waals surface area contributed by atoms with Crippen molar-refractivity contribution in [1.29, 1.82) is 0 Å². The van der Waals surface area contributed by atoms with Gasteiger partial charge in [-0.1, -0.05) is 48.4 Å². The second kappa shape index (κ2) is 8.18. The van der Waals surface area contributed by atoms with Crippen LogP contribution in [0.1, 0.15) is 24.8 Å². The summed E-state index contributed by atoms with van der Waals surface area (Å²) >= 11 is 6.34. The fourth-order valence-electron chi connectivity index (χ4n) is 2.83. The van der Waals surface area contributed by atoms with Gasteiger partial charge in [0.05, 0.1) is 16.8 Å². The number of carbonyl (C=O) groups is 1. The number of rotatable bonds is 5. The van der Waals surface area contributed by atoms with Crippen molar-refractivity contribution in [3.8, 4) is 0 Å². The molecule has 1 heterocycles. The van der Waals surface area contributed by atoms with Crippen LogP contribution >= 0.6 is 11.6 Å². The largest absolute Gasteiger partial charge is 0.380 e. The third-order valence-electron chi connectivity index (χ3n) is 4.19. The Balaban J connectivity index is 1.58. The molecule has 24 heavy (non-hydrogen) atoms. The highest BCUT2D eigenvalue weighted by Crippen LogP contribution is 2.26. The highest BCUT2D eigenvalue weighted by Gasteiger charge is 2.20. The molecule has 0 spiro atoms. The predicted molar refractivity (Wildman–Crippen MR) is 99.5 cm³/mol. The minimum absolute atomic E-state index is 0.00996. The summed E-state index contributed by atoms with van der Waals surface area (Å²) in [6.45, 7) is 1.61. The van der Waals surface area contributed by atoms with Crippen molar-refractivity contribution in [3.63, 3.8) is 0 Å². The summed E-state index contributed by atoms with van der Waals surface area (Å²) < 4.78 is 0. The summed E-state index contributed by atoms with van der Waals surface area (Å²) in [5, 5.41) is 10.1. The van der Waals surface area contributed by atoms with E-state index >= 15 is 0 Å². The maximum Gasteiger partial charge on any atom is 0.241 e. The molecule has 3 N–H and O–H groups in total. The number of hydrogen-bond acceptors (Lipinski definition) is 3. The molecule has 0 saturated carbocycles. The zero-order valence-electron chi connectivity index (χ0n) is 13.5. The van der Waals surface area contributed by atoms with Crippen LogP contribution in [0.5, 0.6) is 0 Å². The number of anilines is 2. The number of piperidine rings is 1. The Labute approximate surface area is 147 Å². The fraction of sp³-hybridized carbons (Fsp3) is 0.316. The monoisotopic (exact) mass is 343 g/mol. The Morgan fingerprint density at radius 1 is 1.17 bits per heavy atom. The van der Waals surface area contributed by atoms with Gasteiger partial charge in [0.15, 0.2) is 0 Å². The lowest BCUT2D eigenvalue weighted by Crippen LogP contribution is -2.43. The fourth-order valence-corrected chi connectivity index (χ4v) is 3.08. The Morgan fingerprint density at radius 3 is 2.71 bits per heavy atom. The molecule has 1 aliphatic rings. The minimum atomic E-state index is -0.103. The molecule has 1 fully saturated rings. The van der Waals surface area contributed by atoms with Crippen molar-refractivity contribution in [1.82, 2.24) is 5.32 Å². The first-order chi connectivity index (χ1) is 11.7. The van der Waals surface area contributed by atoms with Crippen molar-refractivity contribution in [2.24, 2.45) is 0 Å². The molecule has 126 valence electrons. The second-order valence-corrected chi connectivity index (χ2v) is 6.43. The first-order valence-electron chi connectivity index (χ1n) is 8.34. The van der Waals surface area contributed by atoms with Gasteiger partial charge in [-0.15, -0.1) is 0 Å². The number of nitrogens with one attached hydrogen (secondary N) is 3. The highest BCUT2D eigenvalue weighted by molar-refractivity contribution is 6.33. The van der Waals surface area contributed by atoms with Gasteiger partial charge in [-0.3, -0.25) is 4.79 Å². The van der Waals surface area contributed by atoms with E-state index in [4.69, 9.17) is 11.6 Å². The van der Waals surface area contributed by atoms with Gasteiger partial charge in [0.25, 0.3) is 0 Å². The molecule has 0 bridgehead atoms. The van der Waals surface area contributed by atoms with Gasteiger partial charge in [0.2, 0.25) is 5.91 Å². The number of hydrogen-bond donors (Lipinski definition) is 3. The summed E-state index contributed by atoms with van der Waals surface area (Å²) in [6.07, 6.45) is 3.11. The van der Waals surface area contributed by atoms with Gasteiger partial charge in [0.1, 0.15) is 0 Å². The zero-order chi connectivity index (χ0) is 16.8. The average molecular weight is 344 g/mol. The van der Waals surface area contributed by atoms with Crippen LogP contribution in [0, 0.1) is 0 Å². The lowest BCUT2D eigenvalue weighted by atomic mass is 10.0. The van der Waals surface area contributed by atoms with Crippen LogP contribution in [0.2, 0.25) is 5.02 Å². The van der Waals surface area contributed by atoms with E-state index in [0.29, 0.717) is 11.6 Å². The second-order valence-electron chi connectivity index (χ2n) is 6.03. The third kappa shape index (κ3) is 4.49. The number of amides is 1.